The molecule has 28 heavy (non-hydrogen) atoms. The topological polar surface area (TPSA) is 228 Å². The molecule has 6 N–H and O–H groups in total. The van der Waals surface area contributed by atoms with E-state index in [0.29, 0.717) is 6.41 Å². The first-order valence-electron chi connectivity index (χ1n) is 7.16. The molecular weight excluding hydrogens is 447 g/mol. The fourth-order valence-corrected chi connectivity index (χ4v) is 4.50. The van der Waals surface area contributed by atoms with E-state index in [2.05, 4.69) is 18.1 Å². The predicted molar refractivity (Wildman–Crippen MR) is 94.7 cm³/mol. The number of hydrogen-bond acceptors (Lipinski definition) is 9. The summed E-state index contributed by atoms with van der Waals surface area (Å²) in [6, 6.07) is 0. The summed E-state index contributed by atoms with van der Waals surface area (Å²) < 4.78 is 50.0. The van der Waals surface area contributed by atoms with E-state index in [1.54, 1.807) is 0 Å². The number of aliphatic imine (C=N–C) groups is 1. The smallest absolute Gasteiger partial charge is 0.384 e. The number of nitrogens with two attached hydrogens (primary N) is 1. The number of hydrogen-bond donors (Lipinski definition) is 5. The molecule has 0 saturated carbocycles. The van der Waals surface area contributed by atoms with Gasteiger partial charge in [0.25, 0.3) is 0 Å². The number of amidine groups is 1. The molecule has 0 radical (unpaired) electrons. The first-order valence-corrected chi connectivity index (χ1v) is 11.7. The fourth-order valence-electron chi connectivity index (χ4n) is 1.45. The molecule has 0 aliphatic carbocycles. The Morgan fingerprint density at radius 1 is 1.18 bits per heavy atom. The van der Waals surface area contributed by atoms with E-state index in [-0.39, 0.29) is 18.8 Å². The monoisotopic (exact) mass is 469 g/mol. The summed E-state index contributed by atoms with van der Waals surface area (Å²) in [5, 5.41) is 0. The van der Waals surface area contributed by atoms with Crippen LogP contribution in [0.5, 0.6) is 0 Å². The summed E-state index contributed by atoms with van der Waals surface area (Å²) in [5.41, 5.74) is 5.44. The number of rotatable bonds is 14. The first-order chi connectivity index (χ1) is 12.7. The highest BCUT2D eigenvalue weighted by Gasteiger charge is 2.40. The molecule has 15 nitrogen and oxygen atoms in total. The number of phosphoric ester groups is 1. The molecule has 0 heterocycles. The van der Waals surface area contributed by atoms with Gasteiger partial charge in [0.15, 0.2) is 0 Å². The maximum Gasteiger partial charge on any atom is 0.490 e. The van der Waals surface area contributed by atoms with Crippen LogP contribution in [0.15, 0.2) is 17.3 Å². The van der Waals surface area contributed by atoms with Crippen LogP contribution in [-0.4, -0.2) is 70.1 Å². The summed E-state index contributed by atoms with van der Waals surface area (Å²) in [7, 11) is -13.6. The average Bonchev–Trinajstić information content (AvgIpc) is 2.53. The molecule has 0 aromatic heterocycles. The molecule has 0 aromatic rings. The highest BCUT2D eigenvalue weighted by Crippen LogP contribution is 2.66. The van der Waals surface area contributed by atoms with Crippen molar-refractivity contribution in [2.24, 2.45) is 10.7 Å². The lowest BCUT2D eigenvalue weighted by Gasteiger charge is -2.21. The lowest BCUT2D eigenvalue weighted by molar-refractivity contribution is -0.116. The number of ether oxygens (including phenoxy) is 1. The van der Waals surface area contributed by atoms with Gasteiger partial charge in [-0.25, -0.2) is 13.7 Å². The van der Waals surface area contributed by atoms with Gasteiger partial charge < -0.3 is 34.9 Å². The maximum absolute atomic E-state index is 11.6. The Kier molecular flexibility index (Phi) is 11.5. The Labute approximate surface area is 160 Å². The summed E-state index contributed by atoms with van der Waals surface area (Å²) in [5.74, 6) is 0.169. The average molecular weight is 469 g/mol. The number of amides is 1. The lowest BCUT2D eigenvalue weighted by atomic mass is 10.2. The zero-order valence-corrected chi connectivity index (χ0v) is 17.5. The van der Waals surface area contributed by atoms with Gasteiger partial charge in [-0.05, 0) is 12.5 Å². The standard InChI is InChI=1S/C10H22N3O12P3/c1-12-10(11)4-6-13(8-14)5-3-9(22-2)7-23-27(18,19)25-28(20,21)24-26(15,16)17/h4,6,8-9H,3,5,7H2,1-2H3,(H2,11,12)(H,18,19)(H,20,21)(H2,15,16,17)/b6-4-/t9-/m0/s1. The molecular formula is C10H22N3O12P3. The van der Waals surface area contributed by atoms with E-state index < -0.39 is 36.2 Å². The lowest BCUT2D eigenvalue weighted by Crippen LogP contribution is -2.26. The van der Waals surface area contributed by atoms with Crippen LogP contribution in [0.3, 0.4) is 0 Å². The number of nitrogens with zero attached hydrogens (tertiary/aromatic N) is 2. The largest absolute Gasteiger partial charge is 0.490 e. The molecule has 0 aliphatic rings. The van der Waals surface area contributed by atoms with Gasteiger partial charge >= 0.3 is 23.5 Å². The van der Waals surface area contributed by atoms with Crippen LogP contribution in [0.2, 0.25) is 0 Å². The third-order valence-corrected chi connectivity index (χ3v) is 6.52. The van der Waals surface area contributed by atoms with E-state index >= 15 is 0 Å². The molecule has 2 unspecified atom stereocenters. The normalized spacial score (nSPS) is 18.4. The quantitative estimate of drug-likeness (QED) is 0.0953. The van der Waals surface area contributed by atoms with Crippen LogP contribution in [0.1, 0.15) is 6.42 Å². The molecule has 0 aromatic carbocycles. The third-order valence-electron chi connectivity index (χ3n) is 2.71. The van der Waals surface area contributed by atoms with Crippen LogP contribution < -0.4 is 5.73 Å². The Balaban J connectivity index is 4.72. The second kappa shape index (κ2) is 11.9. The molecule has 0 bridgehead atoms. The highest BCUT2D eigenvalue weighted by atomic mass is 31.3. The molecule has 0 saturated heterocycles. The molecule has 164 valence electrons. The zero-order chi connectivity index (χ0) is 22.0. The van der Waals surface area contributed by atoms with Gasteiger partial charge in [-0.1, -0.05) is 0 Å². The van der Waals surface area contributed by atoms with Crippen molar-refractivity contribution in [2.75, 3.05) is 27.3 Å². The van der Waals surface area contributed by atoms with E-state index in [9.17, 15) is 23.4 Å². The minimum Gasteiger partial charge on any atom is -0.384 e. The van der Waals surface area contributed by atoms with Crippen molar-refractivity contribution >= 4 is 35.7 Å². The van der Waals surface area contributed by atoms with Crippen molar-refractivity contribution in [1.29, 1.82) is 0 Å². The second-order valence-corrected chi connectivity index (χ2v) is 9.26. The molecule has 1 amide bonds. The van der Waals surface area contributed by atoms with Gasteiger partial charge in [0.1, 0.15) is 5.84 Å². The zero-order valence-electron chi connectivity index (χ0n) is 14.8. The van der Waals surface area contributed by atoms with E-state index in [1.807, 2.05) is 0 Å². The Morgan fingerprint density at radius 3 is 2.25 bits per heavy atom. The van der Waals surface area contributed by atoms with Crippen LogP contribution in [0.4, 0.5) is 0 Å². The fraction of sp³-hybridized carbons (Fsp3) is 0.600. The Hall–Kier alpha value is -0.950. The van der Waals surface area contributed by atoms with Crippen molar-refractivity contribution in [2.45, 2.75) is 12.5 Å². The minimum absolute atomic E-state index is 0.0786. The first kappa shape index (κ1) is 27.0. The summed E-state index contributed by atoms with van der Waals surface area (Å²) in [4.78, 5) is 51.1. The highest BCUT2D eigenvalue weighted by molar-refractivity contribution is 7.66. The number of methoxy groups -OCH3 is 1. The van der Waals surface area contributed by atoms with Crippen LogP contribution in [0, 0.1) is 0 Å². The second-order valence-electron chi connectivity index (χ2n) is 4.84. The van der Waals surface area contributed by atoms with Gasteiger partial charge in [0, 0.05) is 26.9 Å². The number of carbonyl (C=O) groups is 1. The summed E-state index contributed by atoms with van der Waals surface area (Å²) in [6.07, 6.45) is 2.41. The molecule has 18 heteroatoms. The van der Waals surface area contributed by atoms with Gasteiger partial charge in [-0.3, -0.25) is 14.3 Å². The van der Waals surface area contributed by atoms with Gasteiger partial charge in [-0.2, -0.15) is 8.62 Å². The molecule has 0 spiro atoms. The van der Waals surface area contributed by atoms with Crippen molar-refractivity contribution in [3.05, 3.63) is 12.3 Å². The number of carbonyl (C=O) groups excluding carboxylic acids is 1. The Morgan fingerprint density at radius 2 is 1.79 bits per heavy atom. The van der Waals surface area contributed by atoms with Crippen LogP contribution >= 0.6 is 23.5 Å². The minimum atomic E-state index is -5.59. The number of phosphoric acid groups is 3. The molecule has 0 rings (SSSR count). The molecule has 0 fully saturated rings. The maximum atomic E-state index is 11.6. The van der Waals surface area contributed by atoms with Gasteiger partial charge in [0.2, 0.25) is 6.41 Å². The van der Waals surface area contributed by atoms with Crippen molar-refractivity contribution < 1.29 is 55.9 Å². The summed E-state index contributed by atoms with van der Waals surface area (Å²) in [6.45, 7) is -0.551. The SMILES string of the molecule is CN=C(N)/C=C\N(C=O)CC[C@@H](COP(=O)(O)OP(=O)(O)OP(=O)(O)O)OC. The van der Waals surface area contributed by atoms with Gasteiger partial charge in [0.05, 0.1) is 12.7 Å². The van der Waals surface area contributed by atoms with Crippen molar-refractivity contribution in [3.63, 3.8) is 0 Å². The third kappa shape index (κ3) is 13.3. The van der Waals surface area contributed by atoms with E-state index in [0.717, 1.165) is 0 Å². The van der Waals surface area contributed by atoms with Crippen molar-refractivity contribution in [3.8, 4) is 0 Å². The summed E-state index contributed by atoms with van der Waals surface area (Å²) >= 11 is 0. The Bertz CT molecular complexity index is 707. The van der Waals surface area contributed by atoms with Crippen LogP contribution in [0.25, 0.3) is 0 Å². The van der Waals surface area contributed by atoms with Gasteiger partial charge in [-0.15, -0.1) is 0 Å². The van der Waals surface area contributed by atoms with E-state index in [1.165, 1.54) is 31.3 Å². The molecule has 3 atom stereocenters. The van der Waals surface area contributed by atoms with Crippen molar-refractivity contribution in [1.82, 2.24) is 4.90 Å². The predicted octanol–water partition coefficient (Wildman–Crippen LogP) is -0.306. The van der Waals surface area contributed by atoms with E-state index in [4.69, 9.17) is 25.2 Å². The molecule has 0 aliphatic heterocycles. The van der Waals surface area contributed by atoms with Crippen LogP contribution in [-0.2, 0) is 36.4 Å².